The Morgan fingerprint density at radius 1 is 1.40 bits per heavy atom. The van der Waals surface area contributed by atoms with Crippen molar-refractivity contribution < 1.29 is 24.2 Å². The van der Waals surface area contributed by atoms with Crippen LogP contribution in [0.3, 0.4) is 0 Å². The molecule has 2 rings (SSSR count). The molecule has 0 radical (unpaired) electrons. The van der Waals surface area contributed by atoms with Gasteiger partial charge in [-0.05, 0) is 12.1 Å². The highest BCUT2D eigenvalue weighted by atomic mass is 32.1. The van der Waals surface area contributed by atoms with Crippen LogP contribution in [0.15, 0.2) is 23.6 Å². The molecule has 0 aliphatic carbocycles. The number of nitrogens with one attached hydrogen (secondary N) is 1. The number of amides is 1. The number of hydrogen-bond acceptors (Lipinski definition) is 5. The number of carboxylic acids is 1. The van der Waals surface area contributed by atoms with Crippen LogP contribution in [-0.4, -0.2) is 27.1 Å². The van der Waals surface area contributed by atoms with Gasteiger partial charge >= 0.3 is 5.97 Å². The zero-order valence-corrected chi connectivity index (χ0v) is 10.8. The number of benzene rings is 1. The lowest BCUT2D eigenvalue weighted by Crippen LogP contribution is -2.13. The Balaban J connectivity index is 2.11. The Hall–Kier alpha value is -2.48. The van der Waals surface area contributed by atoms with Gasteiger partial charge in [0.2, 0.25) is 0 Å². The van der Waals surface area contributed by atoms with Gasteiger partial charge in [-0.25, -0.2) is 9.37 Å². The third-order valence-corrected chi connectivity index (χ3v) is 3.11. The first-order chi connectivity index (χ1) is 9.45. The Labute approximate surface area is 116 Å². The normalized spacial score (nSPS) is 10.2. The molecule has 1 aromatic heterocycles. The van der Waals surface area contributed by atoms with Crippen molar-refractivity contribution in [1.29, 1.82) is 0 Å². The van der Waals surface area contributed by atoms with Gasteiger partial charge in [0.05, 0.1) is 17.7 Å². The lowest BCUT2D eigenvalue weighted by molar-refractivity contribution is -0.136. The molecule has 2 aromatic rings. The van der Waals surface area contributed by atoms with E-state index in [4.69, 9.17) is 10.2 Å². The van der Waals surface area contributed by atoms with Gasteiger partial charge in [0.15, 0.2) is 5.13 Å². The predicted molar refractivity (Wildman–Crippen MR) is 69.5 cm³/mol. The smallest absolute Gasteiger partial charge is 0.309 e. The molecule has 0 saturated heterocycles. The first-order valence-electron chi connectivity index (χ1n) is 5.42. The molecule has 0 spiro atoms. The van der Waals surface area contributed by atoms with E-state index in [0.29, 0.717) is 5.69 Å². The van der Waals surface area contributed by atoms with Crippen molar-refractivity contribution in [2.75, 3.05) is 5.32 Å². The van der Waals surface area contributed by atoms with Gasteiger partial charge in [-0.2, -0.15) is 0 Å². The van der Waals surface area contributed by atoms with Crippen molar-refractivity contribution in [2.24, 2.45) is 0 Å². The maximum Gasteiger partial charge on any atom is 0.309 e. The summed E-state index contributed by atoms with van der Waals surface area (Å²) in [5.41, 5.74) is 0.0711. The Morgan fingerprint density at radius 2 is 2.15 bits per heavy atom. The van der Waals surface area contributed by atoms with Gasteiger partial charge in [-0.1, -0.05) is 0 Å². The van der Waals surface area contributed by atoms with Crippen LogP contribution in [-0.2, 0) is 11.2 Å². The molecule has 8 heteroatoms. The van der Waals surface area contributed by atoms with E-state index in [0.717, 1.165) is 23.5 Å². The second-order valence-corrected chi connectivity index (χ2v) is 4.69. The third-order valence-electron chi connectivity index (χ3n) is 2.30. The number of carboxylic acid groups (broad SMARTS) is 1. The molecule has 0 bridgehead atoms. The van der Waals surface area contributed by atoms with Gasteiger partial charge in [0.1, 0.15) is 11.6 Å². The quantitative estimate of drug-likeness (QED) is 0.799. The number of carbonyl (C=O) groups is 2. The highest BCUT2D eigenvalue weighted by Crippen LogP contribution is 2.19. The summed E-state index contributed by atoms with van der Waals surface area (Å²) in [7, 11) is 0. The topological polar surface area (TPSA) is 99.5 Å². The number of phenols is 1. The van der Waals surface area contributed by atoms with Crippen LogP contribution in [0.1, 0.15) is 16.1 Å². The van der Waals surface area contributed by atoms with E-state index in [1.807, 2.05) is 0 Å². The van der Waals surface area contributed by atoms with Gasteiger partial charge in [0.25, 0.3) is 5.91 Å². The number of nitrogens with zero attached hydrogens (tertiary/aromatic N) is 1. The molecule has 104 valence electrons. The summed E-state index contributed by atoms with van der Waals surface area (Å²) in [6.07, 6.45) is -0.250. The lowest BCUT2D eigenvalue weighted by Gasteiger charge is -2.03. The zero-order chi connectivity index (χ0) is 14.7. The molecule has 0 aliphatic rings. The Bertz CT molecular complexity index is 671. The lowest BCUT2D eigenvalue weighted by atomic mass is 10.2. The van der Waals surface area contributed by atoms with E-state index >= 15 is 0 Å². The highest BCUT2D eigenvalue weighted by Gasteiger charge is 2.14. The van der Waals surface area contributed by atoms with Crippen molar-refractivity contribution in [3.05, 3.63) is 40.7 Å². The molecule has 0 unspecified atom stereocenters. The molecule has 0 aliphatic heterocycles. The summed E-state index contributed by atoms with van der Waals surface area (Å²) in [5, 5.41) is 21.7. The minimum absolute atomic E-state index is 0.179. The monoisotopic (exact) mass is 296 g/mol. The van der Waals surface area contributed by atoms with Gasteiger partial charge < -0.3 is 10.2 Å². The average molecular weight is 296 g/mol. The van der Waals surface area contributed by atoms with E-state index < -0.39 is 17.7 Å². The van der Waals surface area contributed by atoms with Gasteiger partial charge in [0, 0.05) is 11.4 Å². The number of phenolic OH excluding ortho intramolecular Hbond substituents is 1. The fourth-order valence-corrected chi connectivity index (χ4v) is 2.16. The number of hydrogen-bond donors (Lipinski definition) is 3. The number of thiazole rings is 1. The van der Waals surface area contributed by atoms with Crippen LogP contribution in [0.2, 0.25) is 0 Å². The van der Waals surface area contributed by atoms with E-state index in [1.165, 1.54) is 11.4 Å². The van der Waals surface area contributed by atoms with Crippen LogP contribution in [0, 0.1) is 5.82 Å². The molecule has 0 atom stereocenters. The number of anilines is 1. The van der Waals surface area contributed by atoms with Gasteiger partial charge in [-0.15, -0.1) is 11.3 Å². The maximum absolute atomic E-state index is 13.5. The molecular weight excluding hydrogens is 287 g/mol. The van der Waals surface area contributed by atoms with Crippen LogP contribution in [0.25, 0.3) is 0 Å². The Morgan fingerprint density at radius 3 is 2.80 bits per heavy atom. The fourth-order valence-electron chi connectivity index (χ4n) is 1.45. The van der Waals surface area contributed by atoms with Crippen LogP contribution in [0.4, 0.5) is 9.52 Å². The first kappa shape index (κ1) is 13.9. The number of carbonyl (C=O) groups excluding carboxylic acids is 1. The Kier molecular flexibility index (Phi) is 3.94. The number of halogens is 1. The maximum atomic E-state index is 13.5. The van der Waals surface area contributed by atoms with Crippen LogP contribution in [0.5, 0.6) is 5.75 Å². The van der Waals surface area contributed by atoms with E-state index in [9.17, 15) is 14.0 Å². The zero-order valence-electron chi connectivity index (χ0n) is 9.96. The van der Waals surface area contributed by atoms with Crippen molar-refractivity contribution in [2.45, 2.75) is 6.42 Å². The largest absolute Gasteiger partial charge is 0.508 e. The molecule has 20 heavy (non-hydrogen) atoms. The van der Waals surface area contributed by atoms with Crippen LogP contribution < -0.4 is 5.32 Å². The summed E-state index contributed by atoms with van der Waals surface area (Å²) in [4.78, 5) is 26.2. The second-order valence-electron chi connectivity index (χ2n) is 3.83. The van der Waals surface area contributed by atoms with Crippen LogP contribution >= 0.6 is 11.3 Å². The minimum Gasteiger partial charge on any atom is -0.508 e. The SMILES string of the molecule is O=C(O)Cc1csc(NC(=O)c2ccc(O)cc2F)n1. The summed E-state index contributed by atoms with van der Waals surface area (Å²) in [6.45, 7) is 0. The average Bonchev–Trinajstić information content (AvgIpc) is 2.75. The predicted octanol–water partition coefficient (Wildman–Crippen LogP) is 1.87. The second kappa shape index (κ2) is 5.66. The fraction of sp³-hybridized carbons (Fsp3) is 0.0833. The molecule has 0 fully saturated rings. The summed E-state index contributed by atoms with van der Waals surface area (Å²) < 4.78 is 13.5. The molecule has 1 amide bonds. The molecule has 6 nitrogen and oxygen atoms in total. The third kappa shape index (κ3) is 3.29. The number of aliphatic carboxylic acids is 1. The van der Waals surface area contributed by atoms with Crippen molar-refractivity contribution in [3.63, 3.8) is 0 Å². The first-order valence-corrected chi connectivity index (χ1v) is 6.29. The molecule has 1 aromatic carbocycles. The minimum atomic E-state index is -1.03. The van der Waals surface area contributed by atoms with E-state index in [2.05, 4.69) is 10.3 Å². The molecule has 3 N–H and O–H groups in total. The summed E-state index contributed by atoms with van der Waals surface area (Å²) >= 11 is 1.05. The standard InChI is InChI=1S/C12H9FN2O4S/c13-9-4-7(16)1-2-8(9)11(19)15-12-14-6(5-20-12)3-10(17)18/h1-2,4-5,16H,3H2,(H,17,18)(H,14,15,19). The number of aromatic hydroxyl groups is 1. The molecule has 1 heterocycles. The number of aromatic nitrogens is 1. The summed E-state index contributed by atoms with van der Waals surface area (Å²) in [5.74, 6) is -2.89. The van der Waals surface area contributed by atoms with Crippen molar-refractivity contribution in [1.82, 2.24) is 4.98 Å². The highest BCUT2D eigenvalue weighted by molar-refractivity contribution is 7.14. The van der Waals surface area contributed by atoms with E-state index in [1.54, 1.807) is 0 Å². The van der Waals surface area contributed by atoms with Gasteiger partial charge in [-0.3, -0.25) is 14.9 Å². The van der Waals surface area contributed by atoms with Crippen molar-refractivity contribution in [3.8, 4) is 5.75 Å². The van der Waals surface area contributed by atoms with E-state index in [-0.39, 0.29) is 22.9 Å². The molecular formula is C12H9FN2O4S. The summed E-state index contributed by atoms with van der Waals surface area (Å²) in [6, 6.07) is 3.16. The van der Waals surface area contributed by atoms with Crippen molar-refractivity contribution >= 4 is 28.3 Å². The molecule has 0 saturated carbocycles. The number of rotatable bonds is 4.